The SMILES string of the molecule is C#C/C=C(\C=C/CC)CNCc1ccc(C2=CNC(=C)c3ccccc32)cc1. The summed E-state index contributed by atoms with van der Waals surface area (Å²) in [6.45, 7) is 7.76. The number of terminal acetylenes is 1. The molecule has 0 fully saturated rings. The standard InChI is InChI=1S/C26H26N2/c1-4-6-10-21(9-5-2)17-27-18-22-13-15-23(16-14-22)26-19-28-20(3)24-11-7-8-12-25(24)26/h2,6-16,19,27-28H,3-4,17-18H2,1H3/b10-6-,21-9+. The van der Waals surface area contributed by atoms with Gasteiger partial charge in [0.1, 0.15) is 0 Å². The Morgan fingerprint density at radius 1 is 1.14 bits per heavy atom. The van der Waals surface area contributed by atoms with Crippen LogP contribution < -0.4 is 10.6 Å². The van der Waals surface area contributed by atoms with Crippen LogP contribution in [0.25, 0.3) is 11.3 Å². The van der Waals surface area contributed by atoms with Gasteiger partial charge in [-0.25, -0.2) is 0 Å². The summed E-state index contributed by atoms with van der Waals surface area (Å²) in [5, 5.41) is 6.74. The molecule has 2 aromatic carbocycles. The minimum absolute atomic E-state index is 0.757. The average molecular weight is 367 g/mol. The van der Waals surface area contributed by atoms with Gasteiger partial charge in [-0.15, -0.1) is 6.42 Å². The molecule has 2 aromatic rings. The van der Waals surface area contributed by atoms with Gasteiger partial charge < -0.3 is 10.6 Å². The Hall–Kier alpha value is -3.28. The van der Waals surface area contributed by atoms with Crippen LogP contribution in [0.15, 0.2) is 85.1 Å². The van der Waals surface area contributed by atoms with E-state index in [1.54, 1.807) is 0 Å². The second kappa shape index (κ2) is 9.60. The third-order valence-corrected chi connectivity index (χ3v) is 4.69. The van der Waals surface area contributed by atoms with Gasteiger partial charge in [-0.05, 0) is 34.8 Å². The van der Waals surface area contributed by atoms with Crippen molar-refractivity contribution in [1.82, 2.24) is 10.6 Å². The molecule has 2 N–H and O–H groups in total. The molecule has 1 aliphatic heterocycles. The molecule has 0 aliphatic carbocycles. The fourth-order valence-electron chi connectivity index (χ4n) is 3.22. The Morgan fingerprint density at radius 2 is 1.89 bits per heavy atom. The van der Waals surface area contributed by atoms with Crippen molar-refractivity contribution in [2.45, 2.75) is 19.9 Å². The smallest absolute Gasteiger partial charge is 0.0386 e. The van der Waals surface area contributed by atoms with Gasteiger partial charge in [0.15, 0.2) is 0 Å². The lowest BCUT2D eigenvalue weighted by Crippen LogP contribution is -2.16. The monoisotopic (exact) mass is 366 g/mol. The largest absolute Gasteiger partial charge is 0.361 e. The highest BCUT2D eigenvalue weighted by atomic mass is 14.9. The summed E-state index contributed by atoms with van der Waals surface area (Å²) in [5.74, 6) is 2.61. The van der Waals surface area contributed by atoms with Crippen molar-refractivity contribution in [2.24, 2.45) is 0 Å². The van der Waals surface area contributed by atoms with Crippen molar-refractivity contribution in [1.29, 1.82) is 0 Å². The van der Waals surface area contributed by atoms with Crippen molar-refractivity contribution >= 4 is 11.3 Å². The number of hydrogen-bond acceptors (Lipinski definition) is 2. The van der Waals surface area contributed by atoms with Gasteiger partial charge in [0, 0.05) is 36.1 Å². The molecule has 0 saturated carbocycles. The normalized spacial score (nSPS) is 13.6. The topological polar surface area (TPSA) is 24.1 Å². The lowest BCUT2D eigenvalue weighted by molar-refractivity contribution is 0.747. The highest BCUT2D eigenvalue weighted by Gasteiger charge is 2.15. The minimum atomic E-state index is 0.757. The Bertz CT molecular complexity index is 966. The Kier molecular flexibility index (Phi) is 6.68. The number of fused-ring (bicyclic) bond motifs is 1. The van der Waals surface area contributed by atoms with Crippen LogP contribution in [-0.4, -0.2) is 6.54 Å². The van der Waals surface area contributed by atoms with Gasteiger partial charge in [-0.3, -0.25) is 0 Å². The van der Waals surface area contributed by atoms with Crippen LogP contribution in [0.5, 0.6) is 0 Å². The number of hydrogen-bond donors (Lipinski definition) is 2. The summed E-state index contributed by atoms with van der Waals surface area (Å²) in [6, 6.07) is 17.0. The first-order valence-electron chi connectivity index (χ1n) is 9.60. The average Bonchev–Trinajstić information content (AvgIpc) is 2.73. The molecule has 0 unspecified atom stereocenters. The maximum absolute atomic E-state index is 5.41. The first-order chi connectivity index (χ1) is 13.7. The van der Waals surface area contributed by atoms with Crippen molar-refractivity contribution in [2.75, 3.05) is 6.54 Å². The predicted molar refractivity (Wildman–Crippen MR) is 120 cm³/mol. The zero-order valence-electron chi connectivity index (χ0n) is 16.3. The lowest BCUT2D eigenvalue weighted by Gasteiger charge is -2.21. The zero-order chi connectivity index (χ0) is 19.8. The molecule has 1 heterocycles. The van der Waals surface area contributed by atoms with Crippen LogP contribution in [-0.2, 0) is 6.54 Å². The van der Waals surface area contributed by atoms with Crippen LogP contribution in [0.1, 0.15) is 35.6 Å². The zero-order valence-corrected chi connectivity index (χ0v) is 16.3. The van der Waals surface area contributed by atoms with Crippen molar-refractivity contribution in [3.05, 3.63) is 107 Å². The molecule has 2 heteroatoms. The van der Waals surface area contributed by atoms with Gasteiger partial charge in [-0.2, -0.15) is 0 Å². The fourth-order valence-corrected chi connectivity index (χ4v) is 3.22. The van der Waals surface area contributed by atoms with E-state index in [4.69, 9.17) is 6.42 Å². The van der Waals surface area contributed by atoms with Crippen molar-refractivity contribution in [3.63, 3.8) is 0 Å². The van der Waals surface area contributed by atoms with E-state index < -0.39 is 0 Å². The Labute approximate surface area is 168 Å². The highest BCUT2D eigenvalue weighted by Crippen LogP contribution is 2.32. The predicted octanol–water partition coefficient (Wildman–Crippen LogP) is 5.27. The first kappa shape index (κ1) is 19.5. The van der Waals surface area contributed by atoms with Gasteiger partial charge in [-0.1, -0.05) is 80.1 Å². The van der Waals surface area contributed by atoms with E-state index in [2.05, 4.69) is 84.7 Å². The molecule has 140 valence electrons. The van der Waals surface area contributed by atoms with Crippen LogP contribution in [0, 0.1) is 12.3 Å². The second-order valence-electron chi connectivity index (χ2n) is 6.72. The van der Waals surface area contributed by atoms with E-state index in [9.17, 15) is 0 Å². The summed E-state index contributed by atoms with van der Waals surface area (Å²) in [5.41, 5.74) is 8.04. The molecule has 0 radical (unpaired) electrons. The summed E-state index contributed by atoms with van der Waals surface area (Å²) in [7, 11) is 0. The second-order valence-corrected chi connectivity index (χ2v) is 6.72. The van der Waals surface area contributed by atoms with Crippen molar-refractivity contribution < 1.29 is 0 Å². The fraction of sp³-hybridized carbons (Fsp3) is 0.154. The molecule has 0 atom stereocenters. The number of nitrogens with one attached hydrogen (secondary N) is 2. The van der Waals surface area contributed by atoms with E-state index in [1.165, 1.54) is 22.3 Å². The molecule has 0 aromatic heterocycles. The van der Waals surface area contributed by atoms with Crippen molar-refractivity contribution in [3.8, 4) is 12.3 Å². The summed E-state index contributed by atoms with van der Waals surface area (Å²) < 4.78 is 0. The van der Waals surface area contributed by atoms with Gasteiger partial charge >= 0.3 is 0 Å². The highest BCUT2D eigenvalue weighted by molar-refractivity contribution is 5.89. The van der Waals surface area contributed by atoms with Gasteiger partial charge in [0.05, 0.1) is 0 Å². The molecular formula is C26H26N2. The molecule has 28 heavy (non-hydrogen) atoms. The van der Waals surface area contributed by atoms with Gasteiger partial charge in [0.25, 0.3) is 0 Å². The maximum atomic E-state index is 5.41. The lowest BCUT2D eigenvalue weighted by atomic mass is 9.91. The Balaban J connectivity index is 1.66. The molecule has 0 spiro atoms. The third kappa shape index (κ3) is 4.71. The molecule has 0 saturated heterocycles. The van der Waals surface area contributed by atoms with Gasteiger partial charge in [0.2, 0.25) is 0 Å². The van der Waals surface area contributed by atoms with E-state index in [1.807, 2.05) is 18.3 Å². The third-order valence-electron chi connectivity index (χ3n) is 4.69. The molecule has 1 aliphatic rings. The maximum Gasteiger partial charge on any atom is 0.0386 e. The number of rotatable bonds is 7. The molecule has 2 nitrogen and oxygen atoms in total. The summed E-state index contributed by atoms with van der Waals surface area (Å²) in [4.78, 5) is 0. The minimum Gasteiger partial charge on any atom is -0.361 e. The van der Waals surface area contributed by atoms with E-state index in [-0.39, 0.29) is 0 Å². The molecule has 0 bridgehead atoms. The Morgan fingerprint density at radius 3 is 2.61 bits per heavy atom. The number of benzene rings is 2. The van der Waals surface area contributed by atoms with E-state index in [0.29, 0.717) is 0 Å². The van der Waals surface area contributed by atoms with E-state index in [0.717, 1.165) is 36.3 Å². The van der Waals surface area contributed by atoms with Crippen LogP contribution in [0.4, 0.5) is 0 Å². The molecule has 3 rings (SSSR count). The quantitative estimate of drug-likeness (QED) is 0.515. The first-order valence-corrected chi connectivity index (χ1v) is 9.60. The van der Waals surface area contributed by atoms with Crippen LogP contribution in [0.2, 0.25) is 0 Å². The number of allylic oxidation sites excluding steroid dienone is 2. The molecule has 0 amide bonds. The van der Waals surface area contributed by atoms with Crippen LogP contribution >= 0.6 is 0 Å². The molecular weight excluding hydrogens is 340 g/mol. The van der Waals surface area contributed by atoms with Crippen LogP contribution in [0.3, 0.4) is 0 Å². The summed E-state index contributed by atoms with van der Waals surface area (Å²) in [6.07, 6.45) is 14.5. The summed E-state index contributed by atoms with van der Waals surface area (Å²) >= 11 is 0. The van der Waals surface area contributed by atoms with E-state index >= 15 is 0 Å².